The first-order valence-electron chi connectivity index (χ1n) is 11.7. The van der Waals surface area contributed by atoms with Crippen molar-refractivity contribution in [2.75, 3.05) is 26.1 Å². The van der Waals surface area contributed by atoms with Crippen LogP contribution in [-0.4, -0.2) is 77.0 Å². The van der Waals surface area contributed by atoms with Gasteiger partial charge < -0.3 is 24.1 Å². The number of aliphatic hydroxyl groups excluding tert-OH is 1. The SMILES string of the molecule is COc1cccc(OC)c1-n1c(COC2CC(O)C2)nnc1NS(=O)(=O)[C@@H](C)[C@H](OC)c1ncc(Cl)cn1. The Hall–Kier alpha value is -3.04. The molecule has 2 N–H and O–H groups in total. The molecule has 0 unspecified atom stereocenters. The molecule has 38 heavy (non-hydrogen) atoms. The fourth-order valence-corrected chi connectivity index (χ4v) is 5.22. The zero-order valence-corrected chi connectivity index (χ0v) is 22.8. The van der Waals surface area contributed by atoms with Crippen LogP contribution in [0.2, 0.25) is 5.02 Å². The van der Waals surface area contributed by atoms with E-state index in [0.29, 0.717) is 40.9 Å². The third kappa shape index (κ3) is 5.83. The normalized spacial score (nSPS) is 18.9. The maximum absolute atomic E-state index is 13.5. The van der Waals surface area contributed by atoms with Crippen molar-refractivity contribution in [1.82, 2.24) is 24.7 Å². The Morgan fingerprint density at radius 1 is 1.13 bits per heavy atom. The molecular weight excluding hydrogens is 540 g/mol. The van der Waals surface area contributed by atoms with Crippen LogP contribution in [0.1, 0.15) is 37.5 Å². The van der Waals surface area contributed by atoms with Gasteiger partial charge in [-0.15, -0.1) is 10.2 Å². The van der Waals surface area contributed by atoms with E-state index in [2.05, 4.69) is 24.9 Å². The van der Waals surface area contributed by atoms with Crippen molar-refractivity contribution in [3.8, 4) is 17.2 Å². The summed E-state index contributed by atoms with van der Waals surface area (Å²) < 4.78 is 53.4. The molecule has 2 heterocycles. The molecule has 2 atom stereocenters. The monoisotopic (exact) mass is 568 g/mol. The van der Waals surface area contributed by atoms with Gasteiger partial charge in [-0.25, -0.2) is 18.4 Å². The minimum absolute atomic E-state index is 0.00216. The second-order valence-electron chi connectivity index (χ2n) is 8.61. The minimum Gasteiger partial charge on any atom is -0.494 e. The van der Waals surface area contributed by atoms with E-state index < -0.39 is 27.5 Å². The number of halogens is 1. The van der Waals surface area contributed by atoms with Crippen LogP contribution in [0.25, 0.3) is 5.69 Å². The van der Waals surface area contributed by atoms with Gasteiger partial charge in [0, 0.05) is 19.5 Å². The molecule has 0 bridgehead atoms. The van der Waals surface area contributed by atoms with Gasteiger partial charge in [0.25, 0.3) is 0 Å². The Morgan fingerprint density at radius 3 is 2.32 bits per heavy atom. The predicted octanol–water partition coefficient (Wildman–Crippen LogP) is 2.29. The van der Waals surface area contributed by atoms with Gasteiger partial charge in [0.2, 0.25) is 16.0 Å². The highest BCUT2D eigenvalue weighted by molar-refractivity contribution is 7.93. The fraction of sp³-hybridized carbons (Fsp3) is 0.478. The summed E-state index contributed by atoms with van der Waals surface area (Å²) in [7, 11) is 0.190. The number of ether oxygens (including phenoxy) is 4. The second-order valence-corrected chi connectivity index (χ2v) is 11.1. The average Bonchev–Trinajstić information content (AvgIpc) is 3.27. The van der Waals surface area contributed by atoms with E-state index >= 15 is 0 Å². The van der Waals surface area contributed by atoms with Gasteiger partial charge in [-0.05, 0) is 31.9 Å². The molecule has 4 rings (SSSR count). The quantitative estimate of drug-likeness (QED) is 0.330. The zero-order valence-electron chi connectivity index (χ0n) is 21.2. The second kappa shape index (κ2) is 11.8. The first kappa shape index (κ1) is 28.0. The van der Waals surface area contributed by atoms with Gasteiger partial charge >= 0.3 is 0 Å². The summed E-state index contributed by atoms with van der Waals surface area (Å²) in [6.45, 7) is 1.47. The highest BCUT2D eigenvalue weighted by Crippen LogP contribution is 2.36. The number of methoxy groups -OCH3 is 3. The van der Waals surface area contributed by atoms with E-state index in [-0.39, 0.29) is 24.5 Å². The summed E-state index contributed by atoms with van der Waals surface area (Å²) in [6, 6.07) is 5.13. The highest BCUT2D eigenvalue weighted by Gasteiger charge is 2.35. The lowest BCUT2D eigenvalue weighted by atomic mass is 9.92. The van der Waals surface area contributed by atoms with E-state index in [1.54, 1.807) is 18.2 Å². The molecule has 3 aromatic rings. The van der Waals surface area contributed by atoms with Crippen LogP contribution >= 0.6 is 11.6 Å². The van der Waals surface area contributed by atoms with Gasteiger partial charge in [0.05, 0.1) is 31.5 Å². The molecule has 1 fully saturated rings. The van der Waals surface area contributed by atoms with Gasteiger partial charge in [-0.2, -0.15) is 0 Å². The number of aliphatic hydroxyl groups is 1. The minimum atomic E-state index is -4.14. The molecule has 0 spiro atoms. The Labute approximate surface area is 225 Å². The molecule has 15 heteroatoms. The Kier molecular flexibility index (Phi) is 8.67. The van der Waals surface area contributed by atoms with E-state index in [0.717, 1.165) is 0 Å². The van der Waals surface area contributed by atoms with Crippen molar-refractivity contribution in [2.45, 2.75) is 49.9 Å². The Morgan fingerprint density at radius 2 is 1.76 bits per heavy atom. The van der Waals surface area contributed by atoms with Crippen LogP contribution < -0.4 is 14.2 Å². The molecule has 1 aliphatic carbocycles. The smallest absolute Gasteiger partial charge is 0.243 e. The number of nitrogens with zero attached hydrogens (tertiary/aromatic N) is 5. The van der Waals surface area contributed by atoms with Crippen molar-refractivity contribution in [3.05, 3.63) is 47.3 Å². The van der Waals surface area contributed by atoms with Crippen LogP contribution in [0, 0.1) is 0 Å². The van der Waals surface area contributed by atoms with Crippen LogP contribution in [0.3, 0.4) is 0 Å². The molecule has 0 aliphatic heterocycles. The number of benzene rings is 1. The largest absolute Gasteiger partial charge is 0.494 e. The van der Waals surface area contributed by atoms with Crippen LogP contribution in [0.15, 0.2) is 30.6 Å². The summed E-state index contributed by atoms with van der Waals surface area (Å²) in [4.78, 5) is 8.21. The Balaban J connectivity index is 1.71. The molecule has 13 nitrogen and oxygen atoms in total. The molecule has 0 saturated heterocycles. The summed E-state index contributed by atoms with van der Waals surface area (Å²) in [5.41, 5.74) is 0.379. The topological polar surface area (TPSA) is 160 Å². The zero-order chi connectivity index (χ0) is 27.4. The molecule has 1 saturated carbocycles. The van der Waals surface area contributed by atoms with Gasteiger partial charge in [-0.1, -0.05) is 17.7 Å². The highest BCUT2D eigenvalue weighted by atomic mass is 35.5. The summed E-state index contributed by atoms with van der Waals surface area (Å²) in [6.07, 6.45) is 2.20. The number of aromatic nitrogens is 5. The predicted molar refractivity (Wildman–Crippen MR) is 137 cm³/mol. The third-order valence-electron chi connectivity index (χ3n) is 6.17. The van der Waals surface area contributed by atoms with Crippen molar-refractivity contribution in [3.63, 3.8) is 0 Å². The first-order chi connectivity index (χ1) is 18.2. The molecule has 1 aromatic carbocycles. The lowest BCUT2D eigenvalue weighted by Crippen LogP contribution is -2.35. The maximum atomic E-state index is 13.5. The summed E-state index contributed by atoms with van der Waals surface area (Å²) >= 11 is 5.87. The van der Waals surface area contributed by atoms with Crippen LogP contribution in [0.5, 0.6) is 11.5 Å². The van der Waals surface area contributed by atoms with Gasteiger partial charge in [-0.3, -0.25) is 9.29 Å². The van der Waals surface area contributed by atoms with Crippen molar-refractivity contribution in [2.24, 2.45) is 0 Å². The Bertz CT molecular complexity index is 1330. The van der Waals surface area contributed by atoms with Crippen molar-refractivity contribution in [1.29, 1.82) is 0 Å². The van der Waals surface area contributed by atoms with Gasteiger partial charge in [0.1, 0.15) is 35.1 Å². The molecule has 0 radical (unpaired) electrons. The average molecular weight is 569 g/mol. The molecule has 1 aliphatic rings. The van der Waals surface area contributed by atoms with Crippen molar-refractivity contribution < 1.29 is 32.5 Å². The number of hydrogen-bond donors (Lipinski definition) is 2. The lowest BCUT2D eigenvalue weighted by molar-refractivity contribution is -0.0797. The van der Waals surface area contributed by atoms with Crippen molar-refractivity contribution >= 4 is 27.6 Å². The van der Waals surface area contributed by atoms with E-state index in [4.69, 9.17) is 30.5 Å². The number of anilines is 1. The van der Waals surface area contributed by atoms with Crippen LogP contribution in [0.4, 0.5) is 5.95 Å². The standard InChI is InChI=1S/C23H29ClN6O7S/c1-13(21(36-4)22-25-10-14(24)11-26-22)38(32,33)29-23-28-27-19(12-37-16-8-15(31)9-16)30(23)20-17(34-2)6-5-7-18(20)35-3/h5-7,10-11,13,15-16,21,31H,8-9,12H2,1-4H3,(H,28,29)/t13-,15?,16?,21-/m0/s1. The molecule has 206 valence electrons. The summed E-state index contributed by atoms with van der Waals surface area (Å²) in [5.74, 6) is 1.12. The number of rotatable bonds is 12. The van der Waals surface area contributed by atoms with Gasteiger partial charge in [0.15, 0.2) is 11.6 Å². The van der Waals surface area contributed by atoms with E-state index in [1.807, 2.05) is 0 Å². The van der Waals surface area contributed by atoms with E-state index in [9.17, 15) is 13.5 Å². The fourth-order valence-electron chi connectivity index (χ4n) is 3.99. The molecule has 2 aromatic heterocycles. The lowest BCUT2D eigenvalue weighted by Gasteiger charge is -2.31. The first-order valence-corrected chi connectivity index (χ1v) is 13.6. The number of hydrogen-bond acceptors (Lipinski definition) is 11. The number of nitrogens with one attached hydrogen (secondary N) is 1. The van der Waals surface area contributed by atoms with Crippen LogP contribution in [-0.2, 0) is 26.1 Å². The third-order valence-corrected chi connectivity index (χ3v) is 8.06. The number of sulfonamides is 1. The number of para-hydroxylation sites is 1. The molecule has 0 amide bonds. The van der Waals surface area contributed by atoms with E-state index in [1.165, 1.54) is 45.2 Å². The summed E-state index contributed by atoms with van der Waals surface area (Å²) in [5, 5.41) is 17.0. The molecular formula is C23H29ClN6O7S. The maximum Gasteiger partial charge on any atom is 0.243 e.